The molecule has 4 nitrogen and oxygen atoms in total. The maximum absolute atomic E-state index is 12.8. The average molecular weight is 435 g/mol. The first-order valence-electron chi connectivity index (χ1n) is 7.47. The number of halogens is 1. The van der Waals surface area contributed by atoms with E-state index in [1.54, 1.807) is 53.6 Å². The number of benzene rings is 1. The summed E-state index contributed by atoms with van der Waals surface area (Å²) in [6, 6.07) is 12.6. The number of anilines is 1. The fourth-order valence-corrected chi connectivity index (χ4v) is 4.44. The molecular weight excluding hydrogens is 420 g/mol. The van der Waals surface area contributed by atoms with Gasteiger partial charge in [-0.1, -0.05) is 18.2 Å². The Morgan fingerprint density at radius 3 is 2.64 bits per heavy atom. The van der Waals surface area contributed by atoms with Crippen LogP contribution in [0.4, 0.5) is 5.69 Å². The molecule has 0 unspecified atom stereocenters. The van der Waals surface area contributed by atoms with E-state index < -0.39 is 0 Å². The molecule has 1 N–H and O–H groups in total. The van der Waals surface area contributed by atoms with E-state index in [9.17, 15) is 9.59 Å². The van der Waals surface area contributed by atoms with Gasteiger partial charge in [0.05, 0.1) is 22.7 Å². The molecule has 2 heterocycles. The molecule has 0 atom stereocenters. The minimum absolute atomic E-state index is 0.133. The maximum Gasteiger partial charge on any atom is 0.265 e. The molecule has 2 amide bonds. The molecule has 0 radical (unpaired) electrons. The summed E-state index contributed by atoms with van der Waals surface area (Å²) in [7, 11) is 1.76. The van der Waals surface area contributed by atoms with Crippen LogP contribution in [-0.2, 0) is 6.54 Å². The van der Waals surface area contributed by atoms with Crippen LogP contribution < -0.4 is 5.32 Å². The maximum atomic E-state index is 12.8. The SMILES string of the molecule is CN(Cc1cc(Br)cs1)C(=O)c1ccccc1NC(=O)c1cccs1. The van der Waals surface area contributed by atoms with Crippen LogP contribution in [0.2, 0.25) is 0 Å². The van der Waals surface area contributed by atoms with Crippen molar-refractivity contribution in [3.05, 3.63) is 73.0 Å². The van der Waals surface area contributed by atoms with Gasteiger partial charge >= 0.3 is 0 Å². The molecule has 0 aliphatic carbocycles. The van der Waals surface area contributed by atoms with E-state index >= 15 is 0 Å². The van der Waals surface area contributed by atoms with Crippen LogP contribution in [0.25, 0.3) is 0 Å². The third kappa shape index (κ3) is 4.36. The third-order valence-electron chi connectivity index (χ3n) is 3.51. The average Bonchev–Trinajstić information content (AvgIpc) is 3.26. The van der Waals surface area contributed by atoms with Crippen molar-refractivity contribution in [3.8, 4) is 0 Å². The number of rotatable bonds is 5. The van der Waals surface area contributed by atoms with Gasteiger partial charge in [-0.15, -0.1) is 22.7 Å². The zero-order chi connectivity index (χ0) is 17.8. The van der Waals surface area contributed by atoms with Crippen molar-refractivity contribution in [2.45, 2.75) is 6.54 Å². The van der Waals surface area contributed by atoms with Crippen LogP contribution in [0.15, 0.2) is 57.7 Å². The molecule has 1 aromatic carbocycles. The van der Waals surface area contributed by atoms with Crippen molar-refractivity contribution in [2.24, 2.45) is 0 Å². The van der Waals surface area contributed by atoms with Crippen LogP contribution in [0, 0.1) is 0 Å². The van der Waals surface area contributed by atoms with E-state index in [4.69, 9.17) is 0 Å². The molecule has 0 aliphatic rings. The van der Waals surface area contributed by atoms with Crippen LogP contribution >= 0.6 is 38.6 Å². The summed E-state index contributed by atoms with van der Waals surface area (Å²) in [5.74, 6) is -0.341. The predicted octanol–water partition coefficient (Wildman–Crippen LogP) is 5.10. The number of hydrogen-bond acceptors (Lipinski definition) is 4. The minimum Gasteiger partial charge on any atom is -0.336 e. The number of hydrogen-bond donors (Lipinski definition) is 1. The van der Waals surface area contributed by atoms with Gasteiger partial charge in [-0.05, 0) is 45.6 Å². The Morgan fingerprint density at radius 1 is 1.16 bits per heavy atom. The lowest BCUT2D eigenvalue weighted by Crippen LogP contribution is -2.27. The van der Waals surface area contributed by atoms with Crippen LogP contribution in [0.3, 0.4) is 0 Å². The first kappa shape index (κ1) is 17.8. The van der Waals surface area contributed by atoms with Crippen molar-refractivity contribution >= 4 is 56.1 Å². The minimum atomic E-state index is -0.208. The quantitative estimate of drug-likeness (QED) is 0.607. The Bertz CT molecular complexity index is 890. The van der Waals surface area contributed by atoms with E-state index in [0.717, 1.165) is 9.35 Å². The molecule has 0 aliphatic heterocycles. The van der Waals surface area contributed by atoms with E-state index in [1.807, 2.05) is 22.9 Å². The van der Waals surface area contributed by atoms with Crippen molar-refractivity contribution in [3.63, 3.8) is 0 Å². The highest BCUT2D eigenvalue weighted by atomic mass is 79.9. The Kier molecular flexibility index (Phi) is 5.67. The van der Waals surface area contributed by atoms with E-state index in [0.29, 0.717) is 22.7 Å². The van der Waals surface area contributed by atoms with Crippen LogP contribution in [-0.4, -0.2) is 23.8 Å². The summed E-state index contributed by atoms with van der Waals surface area (Å²) >= 11 is 6.38. The van der Waals surface area contributed by atoms with E-state index in [2.05, 4.69) is 21.2 Å². The molecule has 0 saturated heterocycles. The van der Waals surface area contributed by atoms with Gasteiger partial charge in [0.25, 0.3) is 11.8 Å². The van der Waals surface area contributed by atoms with Crippen LogP contribution in [0.5, 0.6) is 0 Å². The molecular formula is C18H15BrN2O2S2. The van der Waals surface area contributed by atoms with Gasteiger partial charge in [0, 0.05) is 21.8 Å². The fourth-order valence-electron chi connectivity index (χ4n) is 2.32. The summed E-state index contributed by atoms with van der Waals surface area (Å²) < 4.78 is 1.01. The molecule has 0 saturated carbocycles. The van der Waals surface area contributed by atoms with Crippen molar-refractivity contribution < 1.29 is 9.59 Å². The number of thiophene rings is 2. The number of nitrogens with zero attached hydrogens (tertiary/aromatic N) is 1. The van der Waals surface area contributed by atoms with Crippen molar-refractivity contribution in [1.29, 1.82) is 0 Å². The Labute approximate surface area is 162 Å². The van der Waals surface area contributed by atoms with Gasteiger partial charge in [0.2, 0.25) is 0 Å². The highest BCUT2D eigenvalue weighted by Gasteiger charge is 2.18. The second-order valence-corrected chi connectivity index (χ2v) is 8.23. The van der Waals surface area contributed by atoms with Gasteiger partial charge in [-0.2, -0.15) is 0 Å². The lowest BCUT2D eigenvalue weighted by Gasteiger charge is -2.18. The monoisotopic (exact) mass is 434 g/mol. The number of carbonyl (C=O) groups is 2. The predicted molar refractivity (Wildman–Crippen MR) is 107 cm³/mol. The van der Waals surface area contributed by atoms with E-state index in [-0.39, 0.29) is 11.8 Å². The van der Waals surface area contributed by atoms with Crippen molar-refractivity contribution in [2.75, 3.05) is 12.4 Å². The molecule has 25 heavy (non-hydrogen) atoms. The summed E-state index contributed by atoms with van der Waals surface area (Å²) in [6.45, 7) is 0.516. The smallest absolute Gasteiger partial charge is 0.265 e. The molecule has 7 heteroatoms. The van der Waals surface area contributed by atoms with Gasteiger partial charge < -0.3 is 10.2 Å². The first-order chi connectivity index (χ1) is 12.0. The zero-order valence-corrected chi connectivity index (χ0v) is 16.6. The zero-order valence-electron chi connectivity index (χ0n) is 13.4. The molecule has 0 spiro atoms. The third-order valence-corrected chi connectivity index (χ3v) is 6.06. The Balaban J connectivity index is 1.77. The number of amides is 2. The summed E-state index contributed by atoms with van der Waals surface area (Å²) in [6.07, 6.45) is 0. The summed E-state index contributed by atoms with van der Waals surface area (Å²) in [4.78, 5) is 28.4. The molecule has 3 aromatic rings. The largest absolute Gasteiger partial charge is 0.336 e. The number of nitrogens with one attached hydrogen (secondary N) is 1. The first-order valence-corrected chi connectivity index (χ1v) is 10.0. The molecule has 0 bridgehead atoms. The Hall–Kier alpha value is -1.96. The highest BCUT2D eigenvalue weighted by molar-refractivity contribution is 9.10. The van der Waals surface area contributed by atoms with Crippen LogP contribution in [0.1, 0.15) is 24.9 Å². The van der Waals surface area contributed by atoms with Gasteiger partial charge in [-0.3, -0.25) is 9.59 Å². The molecule has 3 rings (SSSR count). The number of carbonyl (C=O) groups excluding carboxylic acids is 2. The Morgan fingerprint density at radius 2 is 1.96 bits per heavy atom. The molecule has 2 aromatic heterocycles. The molecule has 128 valence electrons. The second-order valence-electron chi connectivity index (χ2n) is 5.37. The normalized spacial score (nSPS) is 10.5. The van der Waals surface area contributed by atoms with Crippen molar-refractivity contribution in [1.82, 2.24) is 4.90 Å². The van der Waals surface area contributed by atoms with Gasteiger partial charge in [0.15, 0.2) is 0 Å². The highest BCUT2D eigenvalue weighted by Crippen LogP contribution is 2.23. The summed E-state index contributed by atoms with van der Waals surface area (Å²) in [5, 5.41) is 6.67. The van der Waals surface area contributed by atoms with E-state index in [1.165, 1.54) is 11.3 Å². The standard InChI is InChI=1S/C18H15BrN2O2S2/c1-21(10-13-9-12(19)11-25-13)18(23)14-5-2-3-6-15(14)20-17(22)16-7-4-8-24-16/h2-9,11H,10H2,1H3,(H,20,22). The second kappa shape index (κ2) is 7.95. The number of para-hydroxylation sites is 1. The topological polar surface area (TPSA) is 49.4 Å². The fraction of sp³-hybridized carbons (Fsp3) is 0.111. The summed E-state index contributed by atoms with van der Waals surface area (Å²) in [5.41, 5.74) is 0.996. The molecule has 0 fully saturated rings. The van der Waals surface area contributed by atoms with Gasteiger partial charge in [-0.25, -0.2) is 0 Å². The lowest BCUT2D eigenvalue weighted by atomic mass is 10.1. The lowest BCUT2D eigenvalue weighted by molar-refractivity contribution is 0.0787. The van der Waals surface area contributed by atoms with Gasteiger partial charge in [0.1, 0.15) is 0 Å².